The summed E-state index contributed by atoms with van der Waals surface area (Å²) in [6.07, 6.45) is 0.989. The zero-order valence-corrected chi connectivity index (χ0v) is 14.1. The summed E-state index contributed by atoms with van der Waals surface area (Å²) >= 11 is 1.58. The highest BCUT2D eigenvalue weighted by molar-refractivity contribution is 7.10. The van der Waals surface area contributed by atoms with Crippen molar-refractivity contribution in [1.82, 2.24) is 5.32 Å². The summed E-state index contributed by atoms with van der Waals surface area (Å²) in [6, 6.07) is 11.1. The summed E-state index contributed by atoms with van der Waals surface area (Å²) < 4.78 is 11.5. The van der Waals surface area contributed by atoms with Gasteiger partial charge in [-0.2, -0.15) is 0 Å². The Morgan fingerprint density at radius 1 is 1.33 bits per heavy atom. The molecule has 1 aromatic heterocycles. The second-order valence-electron chi connectivity index (χ2n) is 5.75. The minimum Gasteiger partial charge on any atom is -0.488 e. The molecule has 0 radical (unpaired) electrons. The number of aliphatic hydroxyl groups is 1. The first-order valence-electron chi connectivity index (χ1n) is 8.00. The molecule has 1 amide bonds. The van der Waals surface area contributed by atoms with E-state index in [0.717, 1.165) is 22.6 Å². The Hall–Kier alpha value is -1.89. The van der Waals surface area contributed by atoms with E-state index in [-0.39, 0.29) is 24.7 Å². The van der Waals surface area contributed by atoms with Crippen LogP contribution >= 0.6 is 11.3 Å². The second kappa shape index (κ2) is 8.28. The molecule has 128 valence electrons. The van der Waals surface area contributed by atoms with Crippen LogP contribution in [0.1, 0.15) is 16.9 Å². The predicted molar refractivity (Wildman–Crippen MR) is 92.2 cm³/mol. The Morgan fingerprint density at radius 2 is 2.17 bits per heavy atom. The van der Waals surface area contributed by atoms with E-state index in [2.05, 4.69) is 5.32 Å². The van der Waals surface area contributed by atoms with E-state index in [0.29, 0.717) is 19.6 Å². The molecule has 1 aliphatic rings. The van der Waals surface area contributed by atoms with Crippen molar-refractivity contribution in [3.05, 3.63) is 52.2 Å². The number of nitrogens with one attached hydrogen (secondary N) is 1. The van der Waals surface area contributed by atoms with E-state index in [1.54, 1.807) is 11.3 Å². The third-order valence-electron chi connectivity index (χ3n) is 3.95. The molecule has 0 unspecified atom stereocenters. The highest BCUT2D eigenvalue weighted by atomic mass is 32.1. The molecule has 1 aromatic carbocycles. The fourth-order valence-corrected chi connectivity index (χ4v) is 3.37. The number of thiophene rings is 1. The van der Waals surface area contributed by atoms with Crippen molar-refractivity contribution in [3.8, 4) is 5.75 Å². The number of benzene rings is 1. The summed E-state index contributed by atoms with van der Waals surface area (Å²) in [5, 5.41) is 14.1. The van der Waals surface area contributed by atoms with Gasteiger partial charge in [0.25, 0.3) is 0 Å². The number of hydrogen-bond donors (Lipinski definition) is 2. The summed E-state index contributed by atoms with van der Waals surface area (Å²) in [7, 11) is 0. The summed E-state index contributed by atoms with van der Waals surface area (Å²) in [6.45, 7) is 1.09. The minimum atomic E-state index is -0.163. The van der Waals surface area contributed by atoms with Gasteiger partial charge in [0.2, 0.25) is 5.91 Å². The molecule has 0 aliphatic carbocycles. The first kappa shape index (κ1) is 17.0. The summed E-state index contributed by atoms with van der Waals surface area (Å²) in [5.41, 5.74) is 0.843. The fourth-order valence-electron chi connectivity index (χ4n) is 2.67. The maximum Gasteiger partial charge on any atom is 0.225 e. The zero-order valence-electron chi connectivity index (χ0n) is 13.3. The normalized spacial score (nSPS) is 20.5. The standard InChI is InChI=1S/C18H21NO4S/c20-11-13-3-5-14(6-4-13)23-17-7-8-22-12-16(17)19-18(21)10-15-2-1-9-24-15/h1-6,9,16-17,20H,7-8,10-12H2,(H,19,21)/t16-,17-/m1/s1. The van der Waals surface area contributed by atoms with Crippen LogP contribution in [0.3, 0.4) is 0 Å². The van der Waals surface area contributed by atoms with Crippen molar-refractivity contribution in [2.45, 2.75) is 31.6 Å². The van der Waals surface area contributed by atoms with Crippen LogP contribution in [0.25, 0.3) is 0 Å². The van der Waals surface area contributed by atoms with Crippen LogP contribution < -0.4 is 10.1 Å². The van der Waals surface area contributed by atoms with Gasteiger partial charge in [-0.1, -0.05) is 18.2 Å². The van der Waals surface area contributed by atoms with Gasteiger partial charge >= 0.3 is 0 Å². The Bertz CT molecular complexity index is 642. The molecule has 5 nitrogen and oxygen atoms in total. The number of ether oxygens (including phenoxy) is 2. The number of hydrogen-bond acceptors (Lipinski definition) is 5. The highest BCUT2D eigenvalue weighted by Gasteiger charge is 2.29. The van der Waals surface area contributed by atoms with Crippen molar-refractivity contribution in [2.24, 2.45) is 0 Å². The fraction of sp³-hybridized carbons (Fsp3) is 0.389. The summed E-state index contributed by atoms with van der Waals surface area (Å²) in [5.74, 6) is 0.716. The van der Waals surface area contributed by atoms with Crippen LogP contribution in [0.2, 0.25) is 0 Å². The van der Waals surface area contributed by atoms with Gasteiger partial charge in [0.05, 0.1) is 32.3 Å². The van der Waals surface area contributed by atoms with Crippen LogP contribution in [-0.4, -0.2) is 36.4 Å². The third-order valence-corrected chi connectivity index (χ3v) is 4.82. The molecule has 6 heteroatoms. The van der Waals surface area contributed by atoms with E-state index in [9.17, 15) is 4.79 Å². The first-order valence-corrected chi connectivity index (χ1v) is 8.88. The van der Waals surface area contributed by atoms with E-state index in [1.807, 2.05) is 41.8 Å². The Balaban J connectivity index is 1.58. The van der Waals surface area contributed by atoms with Crippen LogP contribution in [0.4, 0.5) is 0 Å². The molecule has 1 fully saturated rings. The molecular weight excluding hydrogens is 326 g/mol. The molecule has 3 rings (SSSR count). The monoisotopic (exact) mass is 347 g/mol. The lowest BCUT2D eigenvalue weighted by molar-refractivity contribution is -0.123. The van der Waals surface area contributed by atoms with Gasteiger partial charge in [-0.3, -0.25) is 4.79 Å². The number of carbonyl (C=O) groups excluding carboxylic acids is 1. The Labute approximate surface area is 145 Å². The minimum absolute atomic E-state index is 0.0128. The molecule has 0 spiro atoms. The molecular formula is C18H21NO4S. The van der Waals surface area contributed by atoms with Crippen molar-refractivity contribution in [3.63, 3.8) is 0 Å². The topological polar surface area (TPSA) is 67.8 Å². The number of rotatable bonds is 6. The molecule has 2 N–H and O–H groups in total. The highest BCUT2D eigenvalue weighted by Crippen LogP contribution is 2.19. The van der Waals surface area contributed by atoms with E-state index in [1.165, 1.54) is 0 Å². The second-order valence-corrected chi connectivity index (χ2v) is 6.78. The van der Waals surface area contributed by atoms with Crippen LogP contribution in [0.5, 0.6) is 5.75 Å². The maximum absolute atomic E-state index is 12.2. The summed E-state index contributed by atoms with van der Waals surface area (Å²) in [4.78, 5) is 13.3. The van der Waals surface area contributed by atoms with Gasteiger partial charge in [-0.25, -0.2) is 0 Å². The molecule has 24 heavy (non-hydrogen) atoms. The molecule has 2 aromatic rings. The van der Waals surface area contributed by atoms with Crippen LogP contribution in [-0.2, 0) is 22.6 Å². The van der Waals surface area contributed by atoms with Crippen molar-refractivity contribution in [1.29, 1.82) is 0 Å². The molecule has 0 bridgehead atoms. The molecule has 0 saturated carbocycles. The lowest BCUT2D eigenvalue weighted by Crippen LogP contribution is -2.52. The smallest absolute Gasteiger partial charge is 0.225 e. The Morgan fingerprint density at radius 3 is 2.88 bits per heavy atom. The lowest BCUT2D eigenvalue weighted by atomic mass is 10.1. The van der Waals surface area contributed by atoms with Gasteiger partial charge < -0.3 is 19.9 Å². The number of amides is 1. The zero-order chi connectivity index (χ0) is 16.8. The SMILES string of the molecule is O=C(Cc1cccs1)N[C@@H]1COCC[C@H]1Oc1ccc(CO)cc1. The largest absolute Gasteiger partial charge is 0.488 e. The predicted octanol–water partition coefficient (Wildman–Crippen LogP) is 2.14. The molecule has 1 aliphatic heterocycles. The molecule has 1 saturated heterocycles. The average molecular weight is 347 g/mol. The van der Waals surface area contributed by atoms with Gasteiger partial charge in [-0.15, -0.1) is 11.3 Å². The van der Waals surface area contributed by atoms with Gasteiger partial charge in [0.1, 0.15) is 11.9 Å². The molecule has 2 heterocycles. The van der Waals surface area contributed by atoms with Crippen LogP contribution in [0.15, 0.2) is 41.8 Å². The molecule has 2 atom stereocenters. The maximum atomic E-state index is 12.2. The third kappa shape index (κ3) is 4.56. The number of carbonyl (C=O) groups is 1. The van der Waals surface area contributed by atoms with Crippen molar-refractivity contribution >= 4 is 17.2 Å². The average Bonchev–Trinajstić information content (AvgIpc) is 3.10. The van der Waals surface area contributed by atoms with Gasteiger partial charge in [-0.05, 0) is 29.1 Å². The number of aliphatic hydroxyl groups excluding tert-OH is 1. The lowest BCUT2D eigenvalue weighted by Gasteiger charge is -2.32. The van der Waals surface area contributed by atoms with Crippen molar-refractivity contribution in [2.75, 3.05) is 13.2 Å². The van der Waals surface area contributed by atoms with E-state index < -0.39 is 0 Å². The van der Waals surface area contributed by atoms with Crippen molar-refractivity contribution < 1.29 is 19.4 Å². The first-order chi connectivity index (χ1) is 11.7. The Kier molecular flexibility index (Phi) is 5.85. The van der Waals surface area contributed by atoms with E-state index >= 15 is 0 Å². The van der Waals surface area contributed by atoms with Gasteiger partial charge in [0.15, 0.2) is 0 Å². The van der Waals surface area contributed by atoms with E-state index in [4.69, 9.17) is 14.6 Å². The van der Waals surface area contributed by atoms with Crippen LogP contribution in [0, 0.1) is 0 Å². The van der Waals surface area contributed by atoms with Gasteiger partial charge in [0, 0.05) is 11.3 Å². The quantitative estimate of drug-likeness (QED) is 0.840.